The first-order valence-corrected chi connectivity index (χ1v) is 10.6. The SMILES string of the molecule is CN(C)C(=S)SCC(=O)N1CCCN1C(=O)c1csc(-c2cccnc2)n1. The molecule has 2 aromatic heterocycles. The molecule has 142 valence electrons. The fourth-order valence-electron chi connectivity index (χ4n) is 2.54. The van der Waals surface area contributed by atoms with Gasteiger partial charge in [-0.1, -0.05) is 24.0 Å². The van der Waals surface area contributed by atoms with Gasteiger partial charge in [0.15, 0.2) is 0 Å². The maximum atomic E-state index is 12.9. The molecule has 1 aliphatic rings. The minimum absolute atomic E-state index is 0.127. The molecule has 0 aliphatic carbocycles. The van der Waals surface area contributed by atoms with E-state index in [1.807, 2.05) is 26.2 Å². The van der Waals surface area contributed by atoms with Crippen LogP contribution in [-0.4, -0.2) is 74.0 Å². The number of hydrogen-bond donors (Lipinski definition) is 0. The number of hydrogen-bond acceptors (Lipinski definition) is 7. The fraction of sp³-hybridized carbons (Fsp3) is 0.353. The molecule has 0 unspecified atom stereocenters. The molecule has 1 saturated heterocycles. The summed E-state index contributed by atoms with van der Waals surface area (Å²) in [6, 6.07) is 3.73. The van der Waals surface area contributed by atoms with Gasteiger partial charge in [0.05, 0.1) is 5.75 Å². The molecule has 3 rings (SSSR count). The predicted molar refractivity (Wildman–Crippen MR) is 111 cm³/mol. The van der Waals surface area contributed by atoms with Crippen LogP contribution >= 0.6 is 35.3 Å². The number of hydrazine groups is 1. The van der Waals surface area contributed by atoms with Crippen molar-refractivity contribution in [2.45, 2.75) is 6.42 Å². The minimum atomic E-state index is -0.257. The third kappa shape index (κ3) is 4.63. The monoisotopic (exact) mass is 421 g/mol. The largest absolute Gasteiger partial charge is 0.364 e. The second-order valence-electron chi connectivity index (χ2n) is 6.03. The van der Waals surface area contributed by atoms with Gasteiger partial charge in [0.25, 0.3) is 11.8 Å². The van der Waals surface area contributed by atoms with E-state index in [0.29, 0.717) is 23.1 Å². The van der Waals surface area contributed by atoms with Crippen molar-refractivity contribution in [2.75, 3.05) is 32.9 Å². The molecular formula is C17H19N5O2S3. The number of thioether (sulfide) groups is 1. The van der Waals surface area contributed by atoms with Crippen LogP contribution in [0, 0.1) is 0 Å². The van der Waals surface area contributed by atoms with Crippen molar-refractivity contribution in [1.82, 2.24) is 24.9 Å². The lowest BCUT2D eigenvalue weighted by Crippen LogP contribution is -2.46. The number of thiocarbonyl (C=S) groups is 1. The highest BCUT2D eigenvalue weighted by Gasteiger charge is 2.32. The summed E-state index contributed by atoms with van der Waals surface area (Å²) in [6.45, 7) is 1.03. The van der Waals surface area contributed by atoms with Crippen molar-refractivity contribution in [2.24, 2.45) is 0 Å². The lowest BCUT2D eigenvalue weighted by molar-refractivity contribution is -0.137. The molecule has 0 aromatic carbocycles. The second-order valence-corrected chi connectivity index (χ2v) is 8.49. The Labute approximate surface area is 171 Å². The molecule has 0 saturated carbocycles. The van der Waals surface area contributed by atoms with Gasteiger partial charge in [-0.05, 0) is 18.6 Å². The van der Waals surface area contributed by atoms with Crippen LogP contribution in [0.3, 0.4) is 0 Å². The molecule has 27 heavy (non-hydrogen) atoms. The topological polar surface area (TPSA) is 69.6 Å². The van der Waals surface area contributed by atoms with Gasteiger partial charge in [0, 0.05) is 50.5 Å². The van der Waals surface area contributed by atoms with Crippen molar-refractivity contribution < 1.29 is 9.59 Å². The van der Waals surface area contributed by atoms with Crippen molar-refractivity contribution in [3.05, 3.63) is 35.6 Å². The van der Waals surface area contributed by atoms with Crippen LogP contribution in [0.25, 0.3) is 10.6 Å². The van der Waals surface area contributed by atoms with Crippen LogP contribution < -0.4 is 0 Å². The number of rotatable bonds is 4. The Hall–Kier alpha value is -2.04. The Kier molecular flexibility index (Phi) is 6.40. The number of aromatic nitrogens is 2. The molecule has 0 bridgehead atoms. The van der Waals surface area contributed by atoms with Gasteiger partial charge in [0.2, 0.25) is 0 Å². The van der Waals surface area contributed by atoms with Crippen LogP contribution in [-0.2, 0) is 4.79 Å². The summed E-state index contributed by atoms with van der Waals surface area (Å²) in [5.74, 6) is -0.177. The van der Waals surface area contributed by atoms with Crippen LogP contribution in [0.1, 0.15) is 16.9 Å². The molecular weight excluding hydrogens is 402 g/mol. The first kappa shape index (κ1) is 19.7. The van der Waals surface area contributed by atoms with Crippen molar-refractivity contribution in [3.8, 4) is 10.6 Å². The van der Waals surface area contributed by atoms with Gasteiger partial charge in [-0.15, -0.1) is 11.3 Å². The van der Waals surface area contributed by atoms with Gasteiger partial charge in [-0.25, -0.2) is 9.99 Å². The highest BCUT2D eigenvalue weighted by atomic mass is 32.2. The Morgan fingerprint density at radius 1 is 1.33 bits per heavy atom. The van der Waals surface area contributed by atoms with E-state index < -0.39 is 0 Å². The Morgan fingerprint density at radius 3 is 2.81 bits per heavy atom. The summed E-state index contributed by atoms with van der Waals surface area (Å²) < 4.78 is 0.640. The summed E-state index contributed by atoms with van der Waals surface area (Å²) in [6.07, 6.45) is 4.15. The third-order valence-electron chi connectivity index (χ3n) is 3.87. The van der Waals surface area contributed by atoms with E-state index in [4.69, 9.17) is 12.2 Å². The number of thiazole rings is 1. The molecule has 2 amide bonds. The van der Waals surface area contributed by atoms with Gasteiger partial charge in [0.1, 0.15) is 15.0 Å². The van der Waals surface area contributed by atoms with Crippen molar-refractivity contribution >= 4 is 51.5 Å². The average molecular weight is 422 g/mol. The molecule has 2 aromatic rings. The predicted octanol–water partition coefficient (Wildman–Crippen LogP) is 2.37. The molecule has 7 nitrogen and oxygen atoms in total. The molecule has 0 radical (unpaired) electrons. The van der Waals surface area contributed by atoms with E-state index >= 15 is 0 Å². The number of amides is 2. The highest BCUT2D eigenvalue weighted by molar-refractivity contribution is 8.23. The van der Waals surface area contributed by atoms with E-state index in [9.17, 15) is 9.59 Å². The molecule has 1 fully saturated rings. The van der Waals surface area contributed by atoms with Crippen LogP contribution in [0.4, 0.5) is 0 Å². The van der Waals surface area contributed by atoms with Gasteiger partial charge < -0.3 is 4.90 Å². The lowest BCUT2D eigenvalue weighted by Gasteiger charge is -2.27. The molecule has 3 heterocycles. The van der Waals surface area contributed by atoms with Crippen LogP contribution in [0.5, 0.6) is 0 Å². The van der Waals surface area contributed by atoms with E-state index in [1.54, 1.807) is 22.7 Å². The van der Waals surface area contributed by atoms with E-state index in [0.717, 1.165) is 17.0 Å². The highest BCUT2D eigenvalue weighted by Crippen LogP contribution is 2.25. The second kappa shape index (κ2) is 8.77. The lowest BCUT2D eigenvalue weighted by atomic mass is 10.3. The Balaban J connectivity index is 1.68. The standard InChI is InChI=1S/C17H19N5O2S3/c1-20(2)17(25)27-11-14(23)21-7-4-8-22(21)16(24)13-10-26-15(19-13)12-5-3-6-18-9-12/h3,5-6,9-10H,4,7-8,11H2,1-2H3. The molecule has 0 atom stereocenters. The number of pyridine rings is 1. The third-order valence-corrected chi connectivity index (χ3v) is 6.48. The van der Waals surface area contributed by atoms with E-state index in [2.05, 4.69) is 9.97 Å². The van der Waals surface area contributed by atoms with Crippen LogP contribution in [0.2, 0.25) is 0 Å². The quantitative estimate of drug-likeness (QED) is 0.702. The molecule has 0 N–H and O–H groups in total. The van der Waals surface area contributed by atoms with Gasteiger partial charge in [-0.2, -0.15) is 0 Å². The first-order chi connectivity index (χ1) is 13.0. The Morgan fingerprint density at radius 2 is 2.11 bits per heavy atom. The summed E-state index contributed by atoms with van der Waals surface area (Å²) in [5.41, 5.74) is 1.21. The zero-order valence-electron chi connectivity index (χ0n) is 15.0. The maximum absolute atomic E-state index is 12.9. The summed E-state index contributed by atoms with van der Waals surface area (Å²) in [5, 5.41) is 5.46. The first-order valence-electron chi connectivity index (χ1n) is 8.29. The summed E-state index contributed by atoms with van der Waals surface area (Å²) in [4.78, 5) is 35.7. The summed E-state index contributed by atoms with van der Waals surface area (Å²) in [7, 11) is 3.68. The number of nitrogens with zero attached hydrogens (tertiary/aromatic N) is 5. The number of carbonyl (C=O) groups excluding carboxylic acids is 2. The zero-order chi connectivity index (χ0) is 19.4. The number of carbonyl (C=O) groups is 2. The fourth-order valence-corrected chi connectivity index (χ4v) is 4.15. The Bertz CT molecular complexity index is 840. The zero-order valence-corrected chi connectivity index (χ0v) is 17.4. The minimum Gasteiger partial charge on any atom is -0.364 e. The smallest absolute Gasteiger partial charge is 0.291 e. The molecule has 1 aliphatic heterocycles. The van der Waals surface area contributed by atoms with Crippen molar-refractivity contribution in [1.29, 1.82) is 0 Å². The molecule has 0 spiro atoms. The van der Waals surface area contributed by atoms with E-state index in [1.165, 1.54) is 33.1 Å². The van der Waals surface area contributed by atoms with Gasteiger partial charge in [-0.3, -0.25) is 19.6 Å². The molecule has 10 heteroatoms. The summed E-state index contributed by atoms with van der Waals surface area (Å²) >= 11 is 7.89. The van der Waals surface area contributed by atoms with Crippen LogP contribution in [0.15, 0.2) is 29.9 Å². The van der Waals surface area contributed by atoms with Gasteiger partial charge >= 0.3 is 0 Å². The maximum Gasteiger partial charge on any atom is 0.291 e. The average Bonchev–Trinajstić information content (AvgIpc) is 3.35. The van der Waals surface area contributed by atoms with E-state index in [-0.39, 0.29) is 17.6 Å². The van der Waals surface area contributed by atoms with Crippen molar-refractivity contribution in [3.63, 3.8) is 0 Å². The normalized spacial score (nSPS) is 13.7.